The molecule has 0 saturated heterocycles. The van der Waals surface area contributed by atoms with E-state index in [9.17, 15) is 0 Å². The van der Waals surface area contributed by atoms with Crippen molar-refractivity contribution in [3.05, 3.63) is 23.8 Å². The van der Waals surface area contributed by atoms with Gasteiger partial charge in [0.05, 0.1) is 0 Å². The van der Waals surface area contributed by atoms with Crippen LogP contribution in [0.1, 0.15) is 37.9 Å². The highest BCUT2D eigenvalue weighted by molar-refractivity contribution is 5.05. The fourth-order valence-corrected chi connectivity index (χ4v) is 1.47. The van der Waals surface area contributed by atoms with Crippen molar-refractivity contribution in [1.82, 2.24) is 9.97 Å². The van der Waals surface area contributed by atoms with Crippen LogP contribution in [0.5, 0.6) is 0 Å². The number of hydrogen-bond acceptors (Lipinski definition) is 4. The first kappa shape index (κ1) is 12.1. The lowest BCUT2D eigenvalue weighted by molar-refractivity contribution is 0.0923. The summed E-state index contributed by atoms with van der Waals surface area (Å²) in [5.74, 6) is 0.748. The van der Waals surface area contributed by atoms with Crippen molar-refractivity contribution in [2.75, 3.05) is 7.11 Å². The summed E-state index contributed by atoms with van der Waals surface area (Å²) in [6.45, 7) is 4.02. The number of nitrogens with two attached hydrogens (primary N) is 1. The van der Waals surface area contributed by atoms with Crippen LogP contribution in [0.15, 0.2) is 12.3 Å². The van der Waals surface area contributed by atoms with Crippen LogP contribution >= 0.6 is 0 Å². The standard InChI is InChI=1S/C11H19N3O/c1-4-10(15-3)11-13-6-5-9(14-11)7-8(2)12/h5-6,8,10H,4,7,12H2,1-3H3. The molecule has 2 N–H and O–H groups in total. The van der Waals surface area contributed by atoms with E-state index in [1.807, 2.05) is 13.0 Å². The van der Waals surface area contributed by atoms with Crippen LogP contribution in [0.25, 0.3) is 0 Å². The zero-order valence-electron chi connectivity index (χ0n) is 9.60. The first-order chi connectivity index (χ1) is 7.17. The first-order valence-corrected chi connectivity index (χ1v) is 5.27. The van der Waals surface area contributed by atoms with Crippen LogP contribution < -0.4 is 5.73 Å². The van der Waals surface area contributed by atoms with E-state index in [-0.39, 0.29) is 12.1 Å². The second-order valence-electron chi connectivity index (χ2n) is 3.72. The molecule has 2 atom stereocenters. The van der Waals surface area contributed by atoms with Crippen molar-refractivity contribution in [2.45, 2.75) is 38.8 Å². The zero-order valence-corrected chi connectivity index (χ0v) is 9.60. The van der Waals surface area contributed by atoms with Gasteiger partial charge >= 0.3 is 0 Å². The Bertz CT molecular complexity index is 298. The van der Waals surface area contributed by atoms with Gasteiger partial charge in [-0.1, -0.05) is 6.92 Å². The topological polar surface area (TPSA) is 61.0 Å². The zero-order chi connectivity index (χ0) is 11.3. The Kier molecular flexibility index (Phi) is 4.65. The number of ether oxygens (including phenoxy) is 1. The number of aromatic nitrogens is 2. The van der Waals surface area contributed by atoms with Gasteiger partial charge in [0, 0.05) is 31.5 Å². The van der Waals surface area contributed by atoms with Crippen LogP contribution in [0, 0.1) is 0 Å². The maximum absolute atomic E-state index is 5.72. The third kappa shape index (κ3) is 3.57. The van der Waals surface area contributed by atoms with Crippen molar-refractivity contribution >= 4 is 0 Å². The van der Waals surface area contributed by atoms with Gasteiger partial charge in [0.2, 0.25) is 0 Å². The van der Waals surface area contributed by atoms with E-state index < -0.39 is 0 Å². The molecule has 0 amide bonds. The minimum absolute atomic E-state index is 0.0157. The summed E-state index contributed by atoms with van der Waals surface area (Å²) >= 11 is 0. The molecule has 1 aromatic heterocycles. The molecule has 0 aliphatic rings. The predicted octanol–water partition coefficient (Wildman–Crippen LogP) is 1.46. The van der Waals surface area contributed by atoms with Gasteiger partial charge in [0.25, 0.3) is 0 Å². The van der Waals surface area contributed by atoms with Crippen LogP contribution in [-0.4, -0.2) is 23.1 Å². The molecule has 1 heterocycles. The fourth-order valence-electron chi connectivity index (χ4n) is 1.47. The molecule has 1 aromatic rings. The highest BCUT2D eigenvalue weighted by atomic mass is 16.5. The van der Waals surface area contributed by atoms with E-state index in [0.29, 0.717) is 0 Å². The minimum Gasteiger partial charge on any atom is -0.373 e. The van der Waals surface area contributed by atoms with E-state index in [1.54, 1.807) is 13.3 Å². The lowest BCUT2D eigenvalue weighted by Gasteiger charge is -2.12. The fraction of sp³-hybridized carbons (Fsp3) is 0.636. The third-order valence-corrected chi connectivity index (χ3v) is 2.21. The van der Waals surface area contributed by atoms with Crippen LogP contribution in [0.2, 0.25) is 0 Å². The average molecular weight is 209 g/mol. The molecule has 4 heteroatoms. The monoisotopic (exact) mass is 209 g/mol. The number of hydrogen-bond donors (Lipinski definition) is 1. The lowest BCUT2D eigenvalue weighted by atomic mass is 10.2. The molecule has 0 aliphatic carbocycles. The Morgan fingerprint density at radius 1 is 1.53 bits per heavy atom. The molecule has 0 bridgehead atoms. The number of rotatable bonds is 5. The molecule has 0 fully saturated rings. The summed E-state index contributed by atoms with van der Waals surface area (Å²) in [6.07, 6.45) is 3.40. The van der Waals surface area contributed by atoms with Crippen molar-refractivity contribution in [3.63, 3.8) is 0 Å². The molecule has 2 unspecified atom stereocenters. The van der Waals surface area contributed by atoms with Gasteiger partial charge in [0.15, 0.2) is 5.82 Å². The van der Waals surface area contributed by atoms with Crippen molar-refractivity contribution < 1.29 is 4.74 Å². The van der Waals surface area contributed by atoms with Crippen LogP contribution in [0.3, 0.4) is 0 Å². The molecule has 0 saturated carbocycles. The summed E-state index contributed by atoms with van der Waals surface area (Å²) in [4.78, 5) is 8.65. The average Bonchev–Trinajstić information content (AvgIpc) is 2.19. The summed E-state index contributed by atoms with van der Waals surface area (Å²) in [7, 11) is 1.68. The second kappa shape index (κ2) is 5.78. The van der Waals surface area contributed by atoms with Gasteiger partial charge in [-0.3, -0.25) is 0 Å². The molecule has 84 valence electrons. The van der Waals surface area contributed by atoms with Gasteiger partial charge in [-0.25, -0.2) is 9.97 Å². The molecule has 0 aliphatic heterocycles. The van der Waals surface area contributed by atoms with Gasteiger partial charge in [0.1, 0.15) is 6.10 Å². The molecule has 4 nitrogen and oxygen atoms in total. The van der Waals surface area contributed by atoms with Crippen LogP contribution in [-0.2, 0) is 11.2 Å². The highest BCUT2D eigenvalue weighted by Gasteiger charge is 2.11. The summed E-state index contributed by atoms with van der Waals surface area (Å²) < 4.78 is 5.29. The van der Waals surface area contributed by atoms with E-state index in [4.69, 9.17) is 10.5 Å². The van der Waals surface area contributed by atoms with E-state index in [1.165, 1.54) is 0 Å². The maximum atomic E-state index is 5.72. The third-order valence-electron chi connectivity index (χ3n) is 2.21. The molecular weight excluding hydrogens is 190 g/mol. The number of nitrogens with zero attached hydrogens (tertiary/aromatic N) is 2. The summed E-state index contributed by atoms with van der Waals surface area (Å²) in [5, 5.41) is 0. The largest absolute Gasteiger partial charge is 0.373 e. The molecule has 1 rings (SSSR count). The van der Waals surface area contributed by atoms with Crippen molar-refractivity contribution in [1.29, 1.82) is 0 Å². The maximum Gasteiger partial charge on any atom is 0.157 e. The highest BCUT2D eigenvalue weighted by Crippen LogP contribution is 2.15. The molecule has 0 aromatic carbocycles. The normalized spacial score (nSPS) is 14.9. The first-order valence-electron chi connectivity index (χ1n) is 5.27. The van der Waals surface area contributed by atoms with Crippen molar-refractivity contribution in [2.24, 2.45) is 5.73 Å². The lowest BCUT2D eigenvalue weighted by Crippen LogP contribution is -2.19. The molecule has 0 radical (unpaired) electrons. The number of methoxy groups -OCH3 is 1. The Balaban J connectivity index is 2.81. The summed E-state index contributed by atoms with van der Waals surface area (Å²) in [6, 6.07) is 2.02. The predicted molar refractivity (Wildman–Crippen MR) is 59.4 cm³/mol. The second-order valence-corrected chi connectivity index (χ2v) is 3.72. The Hall–Kier alpha value is -1.00. The van der Waals surface area contributed by atoms with Crippen LogP contribution in [0.4, 0.5) is 0 Å². The van der Waals surface area contributed by atoms with E-state index in [2.05, 4.69) is 16.9 Å². The van der Waals surface area contributed by atoms with Gasteiger partial charge in [-0.05, 0) is 19.4 Å². The quantitative estimate of drug-likeness (QED) is 0.797. The van der Waals surface area contributed by atoms with E-state index >= 15 is 0 Å². The minimum atomic E-state index is -0.0157. The SMILES string of the molecule is CCC(OC)c1nccc(CC(C)N)n1. The smallest absolute Gasteiger partial charge is 0.157 e. The Morgan fingerprint density at radius 3 is 2.80 bits per heavy atom. The Labute approximate surface area is 90.9 Å². The van der Waals surface area contributed by atoms with Gasteiger partial charge in [-0.15, -0.1) is 0 Å². The molecular formula is C11H19N3O. The summed E-state index contributed by atoms with van der Waals surface area (Å²) in [5.41, 5.74) is 6.70. The van der Waals surface area contributed by atoms with Crippen molar-refractivity contribution in [3.8, 4) is 0 Å². The van der Waals surface area contributed by atoms with Gasteiger partial charge < -0.3 is 10.5 Å². The molecule has 0 spiro atoms. The van der Waals surface area contributed by atoms with Gasteiger partial charge in [-0.2, -0.15) is 0 Å². The molecule has 15 heavy (non-hydrogen) atoms. The Morgan fingerprint density at radius 2 is 2.27 bits per heavy atom. The van der Waals surface area contributed by atoms with E-state index in [0.717, 1.165) is 24.4 Å².